The van der Waals surface area contributed by atoms with Crippen molar-refractivity contribution in [2.75, 3.05) is 20.2 Å². The van der Waals surface area contributed by atoms with E-state index < -0.39 is 21.3 Å². The Labute approximate surface area is 126 Å². The summed E-state index contributed by atoms with van der Waals surface area (Å²) in [5.74, 6) is -0.541. The first-order valence-electron chi connectivity index (χ1n) is 7.00. The van der Waals surface area contributed by atoms with Crippen LogP contribution < -0.4 is 4.72 Å². The van der Waals surface area contributed by atoms with Gasteiger partial charge in [0.2, 0.25) is 0 Å². The summed E-state index contributed by atoms with van der Waals surface area (Å²) in [6.07, 6.45) is 0.882. The molecule has 124 valence electrons. The fraction of sp³-hybridized carbons (Fsp3) is 0.923. The Bertz CT molecular complexity index is 473. The third kappa shape index (κ3) is 4.38. The van der Waals surface area contributed by atoms with Gasteiger partial charge in [-0.25, -0.2) is 0 Å². The maximum atomic E-state index is 12.4. The number of nitrogens with one attached hydrogen (secondary N) is 1. The molecule has 0 saturated carbocycles. The van der Waals surface area contributed by atoms with Crippen molar-refractivity contribution in [2.24, 2.45) is 5.92 Å². The van der Waals surface area contributed by atoms with E-state index in [4.69, 9.17) is 0 Å². The largest absolute Gasteiger partial charge is 0.469 e. The van der Waals surface area contributed by atoms with Gasteiger partial charge in [0.15, 0.2) is 0 Å². The maximum Gasteiger partial charge on any atom is 0.308 e. The molecule has 1 heterocycles. The van der Waals surface area contributed by atoms with Gasteiger partial charge in [0, 0.05) is 13.1 Å². The number of carbonyl (C=O) groups excluding carboxylic acids is 1. The van der Waals surface area contributed by atoms with Crippen molar-refractivity contribution in [3.63, 3.8) is 0 Å². The molecule has 0 aromatic rings. The van der Waals surface area contributed by atoms with Crippen molar-refractivity contribution in [2.45, 2.75) is 51.7 Å². The molecule has 0 aromatic heterocycles. The third-order valence-electron chi connectivity index (χ3n) is 4.24. The zero-order valence-electron chi connectivity index (χ0n) is 13.3. The van der Waals surface area contributed by atoms with Gasteiger partial charge < -0.3 is 9.84 Å². The lowest BCUT2D eigenvalue weighted by molar-refractivity contribution is -0.146. The topological polar surface area (TPSA) is 95.9 Å². The fourth-order valence-corrected chi connectivity index (χ4v) is 3.73. The highest BCUT2D eigenvalue weighted by molar-refractivity contribution is 7.87. The molecule has 1 rings (SSSR count). The van der Waals surface area contributed by atoms with Crippen molar-refractivity contribution < 1.29 is 23.1 Å². The second-order valence-electron chi connectivity index (χ2n) is 6.49. The summed E-state index contributed by atoms with van der Waals surface area (Å²) in [6.45, 7) is 6.89. The molecule has 0 spiro atoms. The monoisotopic (exact) mass is 322 g/mol. The number of aliphatic hydroxyl groups is 1. The molecule has 0 aromatic carbocycles. The second-order valence-corrected chi connectivity index (χ2v) is 8.16. The summed E-state index contributed by atoms with van der Waals surface area (Å²) < 4.78 is 33.3. The van der Waals surface area contributed by atoms with E-state index in [-0.39, 0.29) is 25.0 Å². The van der Waals surface area contributed by atoms with Crippen LogP contribution in [0.15, 0.2) is 0 Å². The molecule has 0 bridgehead atoms. The van der Waals surface area contributed by atoms with E-state index in [0.29, 0.717) is 12.8 Å². The van der Waals surface area contributed by atoms with Crippen LogP contribution in [0, 0.1) is 5.92 Å². The molecule has 1 aliphatic heterocycles. The molecule has 8 heteroatoms. The lowest BCUT2D eigenvalue weighted by atomic mass is 9.87. The number of methoxy groups -OCH3 is 1. The number of nitrogens with zero attached hydrogens (tertiary/aromatic N) is 1. The van der Waals surface area contributed by atoms with Crippen molar-refractivity contribution in [1.82, 2.24) is 9.03 Å². The minimum atomic E-state index is -3.71. The number of hydrogen-bond donors (Lipinski definition) is 2. The fourth-order valence-electron chi connectivity index (χ4n) is 2.01. The summed E-state index contributed by atoms with van der Waals surface area (Å²) in [5, 5.41) is 10.0. The smallest absolute Gasteiger partial charge is 0.308 e. The first-order valence-corrected chi connectivity index (χ1v) is 8.44. The highest BCUT2D eigenvalue weighted by atomic mass is 32.2. The Morgan fingerprint density at radius 1 is 1.24 bits per heavy atom. The summed E-state index contributed by atoms with van der Waals surface area (Å²) in [4.78, 5) is 11.4. The lowest BCUT2D eigenvalue weighted by Crippen LogP contribution is -2.61. The molecule has 2 N–H and O–H groups in total. The van der Waals surface area contributed by atoms with Gasteiger partial charge in [-0.05, 0) is 40.5 Å². The minimum Gasteiger partial charge on any atom is -0.469 e. The quantitative estimate of drug-likeness (QED) is 0.708. The maximum absolute atomic E-state index is 12.4. The summed E-state index contributed by atoms with van der Waals surface area (Å²) in [5.41, 5.74) is -2.21. The molecule has 21 heavy (non-hydrogen) atoms. The molecule has 7 nitrogen and oxygen atoms in total. The Balaban J connectivity index is 2.72. The van der Waals surface area contributed by atoms with Gasteiger partial charge >= 0.3 is 5.97 Å². The summed E-state index contributed by atoms with van der Waals surface area (Å²) in [6, 6.07) is 0. The van der Waals surface area contributed by atoms with Gasteiger partial charge in [0.05, 0.1) is 24.2 Å². The Hall–Kier alpha value is -0.700. The second kappa shape index (κ2) is 6.20. The molecule has 1 fully saturated rings. The molecule has 1 aliphatic rings. The highest BCUT2D eigenvalue weighted by Crippen LogP contribution is 2.25. The number of rotatable bonds is 5. The molecule has 1 saturated heterocycles. The van der Waals surface area contributed by atoms with E-state index >= 15 is 0 Å². The molecule has 0 atom stereocenters. The predicted molar refractivity (Wildman–Crippen MR) is 78.7 cm³/mol. The van der Waals surface area contributed by atoms with Crippen LogP contribution in [-0.2, 0) is 19.7 Å². The SMILES string of the molecule is COC(=O)C1CCN(S(=O)(=O)NC(C)(C)C(C)(C)O)CC1. The van der Waals surface area contributed by atoms with Crippen LogP contribution in [-0.4, -0.2) is 55.1 Å². The van der Waals surface area contributed by atoms with Crippen molar-refractivity contribution in [3.8, 4) is 0 Å². The van der Waals surface area contributed by atoms with Gasteiger partial charge in [0.1, 0.15) is 0 Å². The first kappa shape index (κ1) is 18.3. The van der Waals surface area contributed by atoms with Gasteiger partial charge in [0.25, 0.3) is 10.2 Å². The van der Waals surface area contributed by atoms with Gasteiger partial charge in [-0.1, -0.05) is 0 Å². The molecular formula is C13H26N2O5S. The van der Waals surface area contributed by atoms with Crippen LogP contribution in [0.4, 0.5) is 0 Å². The summed E-state index contributed by atoms with van der Waals surface area (Å²) >= 11 is 0. The van der Waals surface area contributed by atoms with E-state index in [1.54, 1.807) is 27.7 Å². The average Bonchev–Trinajstić information content (AvgIpc) is 2.35. The van der Waals surface area contributed by atoms with Crippen molar-refractivity contribution >= 4 is 16.2 Å². The third-order valence-corrected chi connectivity index (χ3v) is 6.06. The number of hydrogen-bond acceptors (Lipinski definition) is 5. The number of carbonyl (C=O) groups is 1. The molecular weight excluding hydrogens is 296 g/mol. The lowest BCUT2D eigenvalue weighted by Gasteiger charge is -2.40. The summed E-state index contributed by atoms with van der Waals surface area (Å²) in [7, 11) is -2.38. The number of piperidine rings is 1. The molecule has 0 aliphatic carbocycles. The van der Waals surface area contributed by atoms with Gasteiger partial charge in [-0.3, -0.25) is 4.79 Å². The minimum absolute atomic E-state index is 0.247. The molecule has 0 radical (unpaired) electrons. The van der Waals surface area contributed by atoms with Crippen LogP contribution in [0.2, 0.25) is 0 Å². The van der Waals surface area contributed by atoms with Crippen molar-refractivity contribution in [3.05, 3.63) is 0 Å². The van der Waals surface area contributed by atoms with E-state index in [0.717, 1.165) is 0 Å². The van der Waals surface area contributed by atoms with Crippen LogP contribution in [0.25, 0.3) is 0 Å². The number of esters is 1. The zero-order chi connectivity index (χ0) is 16.5. The Morgan fingerprint density at radius 2 is 1.71 bits per heavy atom. The van der Waals surface area contributed by atoms with Gasteiger partial charge in [-0.2, -0.15) is 17.4 Å². The molecule has 0 unspecified atom stereocenters. The normalized spacial score (nSPS) is 19.5. The Kier molecular flexibility index (Phi) is 5.41. The van der Waals surface area contributed by atoms with Crippen molar-refractivity contribution in [1.29, 1.82) is 0 Å². The zero-order valence-corrected chi connectivity index (χ0v) is 14.2. The van der Waals surface area contributed by atoms with E-state index in [1.807, 2.05) is 0 Å². The number of ether oxygens (including phenoxy) is 1. The first-order chi connectivity index (χ1) is 9.40. The van der Waals surface area contributed by atoms with E-state index in [1.165, 1.54) is 11.4 Å². The average molecular weight is 322 g/mol. The standard InChI is InChI=1S/C13H26N2O5S/c1-12(2,13(3,4)17)14-21(18,19)15-8-6-10(7-9-15)11(16)20-5/h10,14,17H,6-9H2,1-5H3. The highest BCUT2D eigenvalue weighted by Gasteiger charge is 2.41. The van der Waals surface area contributed by atoms with Crippen LogP contribution >= 0.6 is 0 Å². The van der Waals surface area contributed by atoms with Crippen LogP contribution in [0.1, 0.15) is 40.5 Å². The van der Waals surface area contributed by atoms with E-state index in [2.05, 4.69) is 9.46 Å². The van der Waals surface area contributed by atoms with E-state index in [9.17, 15) is 18.3 Å². The van der Waals surface area contributed by atoms with Gasteiger partial charge in [-0.15, -0.1) is 0 Å². The Morgan fingerprint density at radius 3 is 2.10 bits per heavy atom. The predicted octanol–water partition coefficient (Wildman–Crippen LogP) is 0.255. The molecule has 0 amide bonds. The van der Waals surface area contributed by atoms with Crippen LogP contribution in [0.5, 0.6) is 0 Å². The van der Waals surface area contributed by atoms with Crippen LogP contribution in [0.3, 0.4) is 0 Å².